The lowest BCUT2D eigenvalue weighted by Gasteiger charge is -2.44. The number of nitrogens with zero attached hydrogens (tertiary/aromatic N) is 1. The maximum absolute atomic E-state index is 12.4. The Hall–Kier alpha value is -1.32. The quantitative estimate of drug-likeness (QED) is 0.603. The molecule has 4 heteroatoms. The lowest BCUT2D eigenvalue weighted by molar-refractivity contribution is -0.169. The molecular weight excluding hydrogens is 218 g/mol. The molecule has 1 N–H and O–H groups in total. The average Bonchev–Trinajstić information content (AvgIpc) is 2.09. The molecule has 0 saturated heterocycles. The van der Waals surface area contributed by atoms with Crippen molar-refractivity contribution in [1.82, 2.24) is 4.90 Å². The van der Waals surface area contributed by atoms with E-state index in [-0.39, 0.29) is 11.4 Å². The average molecular weight is 239 g/mol. The number of carboxylic acid groups (broad SMARTS) is 1. The van der Waals surface area contributed by atoms with E-state index in [9.17, 15) is 14.7 Å². The van der Waals surface area contributed by atoms with Crippen LogP contribution in [0.2, 0.25) is 0 Å². The summed E-state index contributed by atoms with van der Waals surface area (Å²) < 4.78 is 0. The minimum Gasteiger partial charge on any atom is -0.480 e. The van der Waals surface area contributed by atoms with Crippen molar-refractivity contribution in [2.24, 2.45) is 5.41 Å². The first-order valence-electron chi connectivity index (χ1n) is 5.92. The molecule has 0 radical (unpaired) electrons. The molecule has 17 heavy (non-hydrogen) atoms. The van der Waals surface area contributed by atoms with Crippen molar-refractivity contribution in [3.05, 3.63) is 12.7 Å². The Kier molecular flexibility index (Phi) is 3.65. The zero-order valence-electron chi connectivity index (χ0n) is 10.8. The van der Waals surface area contributed by atoms with Gasteiger partial charge in [0.2, 0.25) is 5.91 Å². The van der Waals surface area contributed by atoms with Crippen LogP contribution >= 0.6 is 0 Å². The molecular formula is C13H21NO3. The van der Waals surface area contributed by atoms with E-state index in [1.165, 1.54) is 0 Å². The molecule has 96 valence electrons. The Bertz CT molecular complexity index is 337. The summed E-state index contributed by atoms with van der Waals surface area (Å²) >= 11 is 0. The largest absolute Gasteiger partial charge is 0.480 e. The van der Waals surface area contributed by atoms with Gasteiger partial charge >= 0.3 is 5.97 Å². The molecule has 0 aromatic carbocycles. The summed E-state index contributed by atoms with van der Waals surface area (Å²) in [7, 11) is 0. The summed E-state index contributed by atoms with van der Waals surface area (Å²) in [6.07, 6.45) is 3.34. The van der Waals surface area contributed by atoms with Gasteiger partial charge in [-0.25, -0.2) is 0 Å². The number of carbonyl (C=O) groups excluding carboxylic acids is 1. The van der Waals surface area contributed by atoms with Crippen LogP contribution in [0.5, 0.6) is 0 Å². The summed E-state index contributed by atoms with van der Waals surface area (Å²) in [6.45, 7) is 9.73. The molecule has 0 aromatic rings. The lowest BCUT2D eigenvalue weighted by Crippen LogP contribution is -2.57. The topological polar surface area (TPSA) is 57.6 Å². The predicted molar refractivity (Wildman–Crippen MR) is 65.6 cm³/mol. The van der Waals surface area contributed by atoms with Gasteiger partial charge in [-0.05, 0) is 33.6 Å². The van der Waals surface area contributed by atoms with Gasteiger partial charge in [0.1, 0.15) is 5.41 Å². The van der Waals surface area contributed by atoms with Crippen LogP contribution in [-0.4, -0.2) is 34.0 Å². The number of amides is 1. The number of carboxylic acids is 1. The number of carbonyl (C=O) groups is 2. The lowest BCUT2D eigenvalue weighted by atomic mass is 9.67. The second-order valence-corrected chi connectivity index (χ2v) is 5.62. The van der Waals surface area contributed by atoms with Gasteiger partial charge in [-0.2, -0.15) is 0 Å². The van der Waals surface area contributed by atoms with Gasteiger partial charge in [-0.15, -0.1) is 6.58 Å². The van der Waals surface area contributed by atoms with Crippen molar-refractivity contribution in [2.45, 2.75) is 45.6 Å². The van der Waals surface area contributed by atoms with Gasteiger partial charge in [-0.1, -0.05) is 12.5 Å². The van der Waals surface area contributed by atoms with Gasteiger partial charge < -0.3 is 10.0 Å². The smallest absolute Gasteiger partial charge is 0.319 e. The highest BCUT2D eigenvalue weighted by atomic mass is 16.4. The minimum atomic E-state index is -1.18. The van der Waals surface area contributed by atoms with Crippen LogP contribution in [0, 0.1) is 5.41 Å². The molecule has 1 fully saturated rings. The van der Waals surface area contributed by atoms with Crippen LogP contribution < -0.4 is 0 Å². The van der Waals surface area contributed by atoms with Crippen LogP contribution in [0.15, 0.2) is 12.7 Å². The second kappa shape index (κ2) is 4.51. The summed E-state index contributed by atoms with van der Waals surface area (Å²) in [5.74, 6) is -1.27. The van der Waals surface area contributed by atoms with E-state index in [4.69, 9.17) is 0 Å². The van der Waals surface area contributed by atoms with Crippen molar-refractivity contribution in [3.63, 3.8) is 0 Å². The van der Waals surface area contributed by atoms with Crippen LogP contribution in [0.25, 0.3) is 0 Å². The standard InChI is InChI=1S/C13H21NO3/c1-5-9-14(12(2,3)4)10(15)13(11(16)17)7-6-8-13/h5H,1,6-9H2,2-4H3,(H,16,17). The maximum Gasteiger partial charge on any atom is 0.319 e. The first kappa shape index (κ1) is 13.7. The molecule has 0 spiro atoms. The summed E-state index contributed by atoms with van der Waals surface area (Å²) in [5, 5.41) is 9.26. The van der Waals surface area contributed by atoms with Crippen LogP contribution in [-0.2, 0) is 9.59 Å². The Morgan fingerprint density at radius 3 is 2.18 bits per heavy atom. The molecule has 1 saturated carbocycles. The first-order chi connectivity index (χ1) is 7.75. The second-order valence-electron chi connectivity index (χ2n) is 5.62. The number of hydrogen-bond acceptors (Lipinski definition) is 2. The summed E-state index contributed by atoms with van der Waals surface area (Å²) in [4.78, 5) is 25.3. The zero-order valence-corrected chi connectivity index (χ0v) is 10.8. The van der Waals surface area contributed by atoms with Crippen molar-refractivity contribution >= 4 is 11.9 Å². The Balaban J connectivity index is 2.99. The fraction of sp³-hybridized carbons (Fsp3) is 0.692. The van der Waals surface area contributed by atoms with Gasteiger partial charge in [0.25, 0.3) is 0 Å². The van der Waals surface area contributed by atoms with Crippen molar-refractivity contribution in [2.75, 3.05) is 6.54 Å². The van der Waals surface area contributed by atoms with Crippen molar-refractivity contribution < 1.29 is 14.7 Å². The highest BCUT2D eigenvalue weighted by Gasteiger charge is 2.54. The van der Waals surface area contributed by atoms with Gasteiger partial charge in [-0.3, -0.25) is 9.59 Å². The summed E-state index contributed by atoms with van der Waals surface area (Å²) in [5.41, 5.74) is -1.57. The van der Waals surface area contributed by atoms with Gasteiger partial charge in [0.15, 0.2) is 0 Å². The fourth-order valence-electron chi connectivity index (χ4n) is 2.10. The molecule has 0 bridgehead atoms. The zero-order chi connectivity index (χ0) is 13.3. The van der Waals surface area contributed by atoms with Crippen LogP contribution in [0.4, 0.5) is 0 Å². The van der Waals surface area contributed by atoms with Gasteiger partial charge in [0.05, 0.1) is 0 Å². The third kappa shape index (κ3) is 2.35. The van der Waals surface area contributed by atoms with E-state index >= 15 is 0 Å². The Labute approximate surface area is 102 Å². The first-order valence-corrected chi connectivity index (χ1v) is 5.92. The van der Waals surface area contributed by atoms with Crippen LogP contribution in [0.1, 0.15) is 40.0 Å². The maximum atomic E-state index is 12.4. The van der Waals surface area contributed by atoms with E-state index in [1.807, 2.05) is 20.8 Å². The molecule has 1 rings (SSSR count). The molecule has 1 amide bonds. The molecule has 0 aliphatic heterocycles. The third-order valence-corrected chi connectivity index (χ3v) is 3.39. The molecule has 1 aliphatic carbocycles. The van der Waals surface area contributed by atoms with E-state index in [0.717, 1.165) is 6.42 Å². The third-order valence-electron chi connectivity index (χ3n) is 3.39. The number of hydrogen-bond donors (Lipinski definition) is 1. The minimum absolute atomic E-state index is 0.274. The molecule has 0 heterocycles. The number of aliphatic carboxylic acids is 1. The molecule has 4 nitrogen and oxygen atoms in total. The SMILES string of the molecule is C=CCN(C(=O)C1(C(=O)O)CCC1)C(C)(C)C. The van der Waals surface area contributed by atoms with Crippen LogP contribution in [0.3, 0.4) is 0 Å². The number of rotatable bonds is 4. The van der Waals surface area contributed by atoms with E-state index in [0.29, 0.717) is 19.4 Å². The summed E-state index contributed by atoms with van der Waals surface area (Å²) in [6, 6.07) is 0. The Morgan fingerprint density at radius 1 is 1.41 bits per heavy atom. The molecule has 0 atom stereocenters. The highest BCUT2D eigenvalue weighted by molar-refractivity contribution is 6.03. The van der Waals surface area contributed by atoms with E-state index in [2.05, 4.69) is 6.58 Å². The van der Waals surface area contributed by atoms with E-state index in [1.54, 1.807) is 11.0 Å². The molecule has 0 aromatic heterocycles. The monoisotopic (exact) mass is 239 g/mol. The highest BCUT2D eigenvalue weighted by Crippen LogP contribution is 2.43. The fourth-order valence-corrected chi connectivity index (χ4v) is 2.10. The van der Waals surface area contributed by atoms with Crippen molar-refractivity contribution in [3.8, 4) is 0 Å². The van der Waals surface area contributed by atoms with E-state index < -0.39 is 11.4 Å². The van der Waals surface area contributed by atoms with Crippen molar-refractivity contribution in [1.29, 1.82) is 0 Å². The molecule has 0 unspecified atom stereocenters. The normalized spacial score (nSPS) is 18.1. The predicted octanol–water partition coefficient (Wildman–Crippen LogP) is 2.05. The Morgan fingerprint density at radius 2 is 1.94 bits per heavy atom. The van der Waals surface area contributed by atoms with Gasteiger partial charge in [0, 0.05) is 12.1 Å². The molecule has 1 aliphatic rings.